The van der Waals surface area contributed by atoms with Crippen molar-refractivity contribution in [2.75, 3.05) is 18.5 Å². The molecule has 2 N–H and O–H groups in total. The van der Waals surface area contributed by atoms with Crippen LogP contribution in [0.5, 0.6) is 11.5 Å². The Morgan fingerprint density at radius 2 is 1.92 bits per heavy atom. The fourth-order valence-electron chi connectivity index (χ4n) is 2.12. The van der Waals surface area contributed by atoms with Crippen LogP contribution in [0.3, 0.4) is 0 Å². The van der Waals surface area contributed by atoms with Crippen molar-refractivity contribution < 1.29 is 19.4 Å². The molecule has 2 aromatic carbocycles. The van der Waals surface area contributed by atoms with Crippen molar-refractivity contribution in [2.45, 2.75) is 20.5 Å². The highest BCUT2D eigenvalue weighted by Gasteiger charge is 2.12. The standard InChI is InChI=1S/C18H20BrNO4/c1-3-23-16-8-13(10-21)14(19)9-17(16)24-11-18(22)20-15-7-5-4-6-12(15)2/h4-9,21H,3,10-11H2,1-2H3,(H,20,22). The van der Waals surface area contributed by atoms with Gasteiger partial charge in [-0.2, -0.15) is 0 Å². The van der Waals surface area contributed by atoms with Crippen molar-refractivity contribution in [2.24, 2.45) is 0 Å². The van der Waals surface area contributed by atoms with Crippen LogP contribution in [0.2, 0.25) is 0 Å². The number of aryl methyl sites for hydroxylation is 1. The number of carbonyl (C=O) groups is 1. The molecule has 0 heterocycles. The molecule has 128 valence electrons. The predicted molar refractivity (Wildman–Crippen MR) is 96.5 cm³/mol. The van der Waals surface area contributed by atoms with Gasteiger partial charge in [0.15, 0.2) is 18.1 Å². The molecule has 0 bridgehead atoms. The Morgan fingerprint density at radius 3 is 2.58 bits per heavy atom. The van der Waals surface area contributed by atoms with Gasteiger partial charge in [0, 0.05) is 10.2 Å². The van der Waals surface area contributed by atoms with Gasteiger partial charge in [-0.25, -0.2) is 0 Å². The van der Waals surface area contributed by atoms with Crippen molar-refractivity contribution >= 4 is 27.5 Å². The molecule has 0 aliphatic carbocycles. The molecule has 0 aliphatic rings. The topological polar surface area (TPSA) is 67.8 Å². The highest BCUT2D eigenvalue weighted by atomic mass is 79.9. The van der Waals surface area contributed by atoms with Gasteiger partial charge in [-0.1, -0.05) is 34.1 Å². The minimum Gasteiger partial charge on any atom is -0.490 e. The largest absolute Gasteiger partial charge is 0.490 e. The maximum Gasteiger partial charge on any atom is 0.262 e. The van der Waals surface area contributed by atoms with Crippen LogP contribution < -0.4 is 14.8 Å². The van der Waals surface area contributed by atoms with Crippen molar-refractivity contribution in [3.8, 4) is 11.5 Å². The molecule has 0 aromatic heterocycles. The second-order valence-electron chi connectivity index (χ2n) is 5.13. The lowest BCUT2D eigenvalue weighted by molar-refractivity contribution is -0.118. The van der Waals surface area contributed by atoms with E-state index in [0.29, 0.717) is 28.1 Å². The molecule has 0 saturated carbocycles. The second-order valence-corrected chi connectivity index (χ2v) is 5.99. The van der Waals surface area contributed by atoms with Crippen molar-refractivity contribution in [3.63, 3.8) is 0 Å². The van der Waals surface area contributed by atoms with Gasteiger partial charge in [0.05, 0.1) is 13.2 Å². The number of ether oxygens (including phenoxy) is 2. The van der Waals surface area contributed by atoms with Gasteiger partial charge >= 0.3 is 0 Å². The van der Waals surface area contributed by atoms with Gasteiger partial charge in [0.25, 0.3) is 5.91 Å². The molecular weight excluding hydrogens is 374 g/mol. The highest BCUT2D eigenvalue weighted by Crippen LogP contribution is 2.34. The van der Waals surface area contributed by atoms with Crippen LogP contribution in [-0.4, -0.2) is 24.2 Å². The summed E-state index contributed by atoms with van der Waals surface area (Å²) in [5, 5.41) is 12.1. The Bertz CT molecular complexity index is 718. The minimum absolute atomic E-state index is 0.116. The SMILES string of the molecule is CCOc1cc(CO)c(Br)cc1OCC(=O)Nc1ccccc1C. The first-order valence-electron chi connectivity index (χ1n) is 7.59. The number of carbonyl (C=O) groups excluding carboxylic acids is 1. The lowest BCUT2D eigenvalue weighted by atomic mass is 10.2. The van der Waals surface area contributed by atoms with Crippen molar-refractivity contribution in [3.05, 3.63) is 52.0 Å². The summed E-state index contributed by atoms with van der Waals surface area (Å²) in [6.07, 6.45) is 0. The third-order valence-corrected chi connectivity index (χ3v) is 4.10. The number of halogens is 1. The maximum absolute atomic E-state index is 12.1. The van der Waals surface area contributed by atoms with Gasteiger partial charge in [-0.3, -0.25) is 4.79 Å². The monoisotopic (exact) mass is 393 g/mol. The molecule has 0 saturated heterocycles. The molecule has 0 aliphatic heterocycles. The predicted octanol–water partition coefficient (Wildman–Crippen LogP) is 3.67. The van der Waals surface area contributed by atoms with E-state index in [9.17, 15) is 9.90 Å². The van der Waals surface area contributed by atoms with Crippen LogP contribution in [0.25, 0.3) is 0 Å². The van der Waals surface area contributed by atoms with E-state index in [1.165, 1.54) is 0 Å². The van der Waals surface area contributed by atoms with Crippen LogP contribution in [-0.2, 0) is 11.4 Å². The van der Waals surface area contributed by atoms with Crippen LogP contribution in [0.1, 0.15) is 18.1 Å². The van der Waals surface area contributed by atoms with Gasteiger partial charge in [-0.05, 0) is 43.2 Å². The van der Waals surface area contributed by atoms with Crippen LogP contribution in [0.15, 0.2) is 40.9 Å². The van der Waals surface area contributed by atoms with E-state index < -0.39 is 0 Å². The van der Waals surface area contributed by atoms with E-state index >= 15 is 0 Å². The van der Waals surface area contributed by atoms with Crippen molar-refractivity contribution in [1.29, 1.82) is 0 Å². The number of aliphatic hydroxyl groups is 1. The van der Waals surface area contributed by atoms with Crippen molar-refractivity contribution in [1.82, 2.24) is 0 Å². The lowest BCUT2D eigenvalue weighted by Crippen LogP contribution is -2.21. The highest BCUT2D eigenvalue weighted by molar-refractivity contribution is 9.10. The van der Waals surface area contributed by atoms with E-state index in [1.54, 1.807) is 12.1 Å². The Hall–Kier alpha value is -2.05. The van der Waals surface area contributed by atoms with Crippen LogP contribution >= 0.6 is 15.9 Å². The Balaban J connectivity index is 2.06. The molecule has 0 atom stereocenters. The number of aliphatic hydroxyl groups excluding tert-OH is 1. The van der Waals surface area contributed by atoms with E-state index in [1.807, 2.05) is 38.1 Å². The zero-order valence-corrected chi connectivity index (χ0v) is 15.2. The average molecular weight is 394 g/mol. The molecular formula is C18H20BrNO4. The molecule has 1 amide bonds. The van der Waals surface area contributed by atoms with E-state index in [2.05, 4.69) is 21.2 Å². The Kier molecular flexibility index (Phi) is 6.63. The summed E-state index contributed by atoms with van der Waals surface area (Å²) in [5.41, 5.74) is 2.43. The zero-order valence-electron chi connectivity index (χ0n) is 13.6. The molecule has 5 nitrogen and oxygen atoms in total. The number of hydrogen-bond donors (Lipinski definition) is 2. The third-order valence-electron chi connectivity index (χ3n) is 3.36. The van der Waals surface area contributed by atoms with E-state index in [-0.39, 0.29) is 19.1 Å². The number of hydrogen-bond acceptors (Lipinski definition) is 4. The summed E-state index contributed by atoms with van der Waals surface area (Å²) in [6, 6.07) is 10.9. The van der Waals surface area contributed by atoms with E-state index in [0.717, 1.165) is 11.3 Å². The summed E-state index contributed by atoms with van der Waals surface area (Å²) < 4.78 is 11.8. The molecule has 0 radical (unpaired) electrons. The number of benzene rings is 2. The summed E-state index contributed by atoms with van der Waals surface area (Å²) >= 11 is 3.37. The van der Waals surface area contributed by atoms with Gasteiger partial charge in [0.2, 0.25) is 0 Å². The molecule has 0 spiro atoms. The Morgan fingerprint density at radius 1 is 1.21 bits per heavy atom. The minimum atomic E-state index is -0.255. The second kappa shape index (κ2) is 8.70. The first-order chi connectivity index (χ1) is 11.5. The number of nitrogens with one attached hydrogen (secondary N) is 1. The van der Waals surface area contributed by atoms with Crippen LogP contribution in [0.4, 0.5) is 5.69 Å². The van der Waals surface area contributed by atoms with Crippen LogP contribution in [0, 0.1) is 6.92 Å². The quantitative estimate of drug-likeness (QED) is 0.752. The summed E-state index contributed by atoms with van der Waals surface area (Å²) in [5.74, 6) is 0.684. The summed E-state index contributed by atoms with van der Waals surface area (Å²) in [4.78, 5) is 12.1. The molecule has 0 fully saturated rings. The maximum atomic E-state index is 12.1. The summed E-state index contributed by atoms with van der Waals surface area (Å²) in [6.45, 7) is 3.98. The zero-order chi connectivity index (χ0) is 17.5. The third kappa shape index (κ3) is 4.72. The van der Waals surface area contributed by atoms with Gasteiger partial charge in [0.1, 0.15) is 0 Å². The average Bonchev–Trinajstić information content (AvgIpc) is 2.57. The molecule has 2 aromatic rings. The fourth-order valence-corrected chi connectivity index (χ4v) is 2.57. The summed E-state index contributed by atoms with van der Waals surface area (Å²) in [7, 11) is 0. The fraction of sp³-hybridized carbons (Fsp3) is 0.278. The first-order valence-corrected chi connectivity index (χ1v) is 8.38. The molecule has 6 heteroatoms. The number of para-hydroxylation sites is 1. The molecule has 0 unspecified atom stereocenters. The molecule has 24 heavy (non-hydrogen) atoms. The van der Waals surface area contributed by atoms with E-state index in [4.69, 9.17) is 9.47 Å². The normalized spacial score (nSPS) is 10.3. The number of amides is 1. The van der Waals surface area contributed by atoms with Gasteiger partial charge in [-0.15, -0.1) is 0 Å². The number of anilines is 1. The number of rotatable bonds is 7. The Labute approximate surface area is 149 Å². The molecule has 2 rings (SSSR count). The van der Waals surface area contributed by atoms with Gasteiger partial charge < -0.3 is 19.9 Å². The lowest BCUT2D eigenvalue weighted by Gasteiger charge is -2.14. The smallest absolute Gasteiger partial charge is 0.262 e. The first kappa shape index (κ1) is 18.3.